The lowest BCUT2D eigenvalue weighted by Gasteiger charge is -2.56. The van der Waals surface area contributed by atoms with E-state index in [1.807, 2.05) is 64.0 Å². The summed E-state index contributed by atoms with van der Waals surface area (Å²) >= 11 is 0. The number of β-lactam (4-membered cyclic amide) rings is 1. The molecule has 1 heterocycles. The fourth-order valence-electron chi connectivity index (χ4n) is 5.01. The van der Waals surface area contributed by atoms with Gasteiger partial charge in [-0.15, -0.1) is 0 Å². The van der Waals surface area contributed by atoms with Crippen LogP contribution in [0.4, 0.5) is 0 Å². The summed E-state index contributed by atoms with van der Waals surface area (Å²) in [6.45, 7) is 12.7. The van der Waals surface area contributed by atoms with Gasteiger partial charge in [0, 0.05) is 20.1 Å². The molecule has 1 aliphatic rings. The maximum atomic E-state index is 13.3. The second-order valence-corrected chi connectivity index (χ2v) is 11.1. The number of amides is 3. The zero-order chi connectivity index (χ0) is 28.0. The van der Waals surface area contributed by atoms with E-state index >= 15 is 0 Å². The Morgan fingerprint density at radius 2 is 1.68 bits per heavy atom. The molecule has 1 saturated heterocycles. The van der Waals surface area contributed by atoms with Crippen LogP contribution < -0.4 is 5.32 Å². The molecule has 1 aliphatic heterocycles. The smallest absolute Gasteiger partial charge is 0.254 e. The van der Waals surface area contributed by atoms with Gasteiger partial charge >= 0.3 is 0 Å². The third kappa shape index (κ3) is 7.11. The van der Waals surface area contributed by atoms with Gasteiger partial charge in [0.05, 0.1) is 11.5 Å². The van der Waals surface area contributed by atoms with E-state index in [1.54, 1.807) is 25.8 Å². The number of carbonyl (C=O) groups excluding carboxylic acids is 3. The number of likely N-dealkylation sites (tertiary alicyclic amines) is 1. The average Bonchev–Trinajstić information content (AvgIpc) is 2.85. The van der Waals surface area contributed by atoms with Crippen molar-refractivity contribution in [2.45, 2.75) is 85.1 Å². The van der Waals surface area contributed by atoms with E-state index in [1.165, 1.54) is 4.90 Å². The summed E-state index contributed by atoms with van der Waals surface area (Å²) < 4.78 is 6.42. The highest BCUT2D eigenvalue weighted by atomic mass is 16.5. The topological polar surface area (TPSA) is 82.2 Å². The van der Waals surface area contributed by atoms with Gasteiger partial charge in [-0.2, -0.15) is 0 Å². The van der Waals surface area contributed by atoms with Gasteiger partial charge < -0.3 is 24.8 Å². The van der Waals surface area contributed by atoms with Crippen LogP contribution in [0.1, 0.15) is 77.5 Å². The monoisotopic (exact) mass is 516 g/mol. The van der Waals surface area contributed by atoms with Crippen molar-refractivity contribution >= 4 is 17.7 Å². The van der Waals surface area contributed by atoms with E-state index in [2.05, 4.69) is 12.2 Å². The molecule has 0 radical (unpaired) electrons. The Bertz CT molecular complexity index is 924. The minimum absolute atomic E-state index is 0.0933. The second kappa shape index (κ2) is 12.9. The number of likely N-dealkylation sites (N-methyl/N-ethyl adjacent to an activating group) is 2. The molecule has 1 fully saturated rings. The molecule has 1 aromatic rings. The highest BCUT2D eigenvalue weighted by Crippen LogP contribution is 2.47. The van der Waals surface area contributed by atoms with Gasteiger partial charge in [-0.05, 0) is 59.7 Å². The molecule has 0 spiro atoms. The fraction of sp³-hybridized carbons (Fsp3) is 0.690. The largest absolute Gasteiger partial charge is 0.348 e. The molecular formula is C29H48N4O4. The zero-order valence-corrected chi connectivity index (χ0v) is 24.4. The number of rotatable bonds is 14. The molecule has 3 amide bonds. The van der Waals surface area contributed by atoms with Gasteiger partial charge in [-0.25, -0.2) is 0 Å². The van der Waals surface area contributed by atoms with E-state index in [-0.39, 0.29) is 30.3 Å². The normalized spacial score (nSPS) is 17.9. The van der Waals surface area contributed by atoms with Crippen LogP contribution in [0.25, 0.3) is 0 Å². The van der Waals surface area contributed by atoms with Crippen molar-refractivity contribution < 1.29 is 19.1 Å². The van der Waals surface area contributed by atoms with Gasteiger partial charge in [-0.1, -0.05) is 57.0 Å². The van der Waals surface area contributed by atoms with E-state index in [9.17, 15) is 14.4 Å². The Hall–Kier alpha value is -2.45. The maximum Gasteiger partial charge on any atom is 0.254 e. The Morgan fingerprint density at radius 3 is 2.19 bits per heavy atom. The van der Waals surface area contributed by atoms with Crippen molar-refractivity contribution in [3.05, 3.63) is 35.4 Å². The molecule has 1 unspecified atom stereocenters. The van der Waals surface area contributed by atoms with Crippen molar-refractivity contribution in [3.8, 4) is 0 Å². The summed E-state index contributed by atoms with van der Waals surface area (Å²) in [5, 5.41) is 3.12. The number of nitrogens with one attached hydrogen (secondary N) is 1. The van der Waals surface area contributed by atoms with Gasteiger partial charge in [0.1, 0.15) is 18.4 Å². The van der Waals surface area contributed by atoms with Gasteiger partial charge in [-0.3, -0.25) is 14.4 Å². The van der Waals surface area contributed by atoms with E-state index in [0.29, 0.717) is 19.4 Å². The first-order chi connectivity index (χ1) is 17.3. The average molecular weight is 517 g/mol. The van der Waals surface area contributed by atoms with E-state index in [4.69, 9.17) is 4.74 Å². The summed E-state index contributed by atoms with van der Waals surface area (Å²) in [5.74, 6) is -0.472. The number of carbonyl (C=O) groups is 3. The first-order valence-electron chi connectivity index (χ1n) is 13.6. The molecule has 37 heavy (non-hydrogen) atoms. The molecule has 0 aromatic heterocycles. The summed E-state index contributed by atoms with van der Waals surface area (Å²) in [4.78, 5) is 44.9. The number of ether oxygens (including phenoxy) is 1. The maximum absolute atomic E-state index is 13.3. The predicted octanol–water partition coefficient (Wildman–Crippen LogP) is 3.74. The molecule has 0 aliphatic carbocycles. The molecule has 0 saturated carbocycles. The number of nitrogens with zero attached hydrogens (tertiary/aromatic N) is 3. The molecule has 2 atom stereocenters. The molecule has 208 valence electrons. The SMILES string of the molecule is CCC[C@@H](NC(=O)CN1C(=O)C(CC)(CC)C1OC(C)(C)C(=O)N(C)CCN(C)C)c1ccc(C)cc1. The Kier molecular flexibility index (Phi) is 10.7. The van der Waals surface area contributed by atoms with Crippen LogP contribution in [0.3, 0.4) is 0 Å². The van der Waals surface area contributed by atoms with Crippen LogP contribution in [-0.4, -0.2) is 85.0 Å². The predicted molar refractivity (Wildman–Crippen MR) is 147 cm³/mol. The molecule has 8 nitrogen and oxygen atoms in total. The molecular weight excluding hydrogens is 468 g/mol. The van der Waals surface area contributed by atoms with Crippen LogP contribution >= 0.6 is 0 Å². The highest BCUT2D eigenvalue weighted by molar-refractivity contribution is 5.94. The van der Waals surface area contributed by atoms with Crippen LogP contribution in [0.2, 0.25) is 0 Å². The van der Waals surface area contributed by atoms with Crippen molar-refractivity contribution in [1.82, 2.24) is 20.0 Å². The standard InChI is InChI=1S/C29H48N4O4/c1-10-13-23(22-16-14-21(4)15-17-22)30-24(34)20-33-26(36)29(11-2,12-3)27(33)37-28(5,6)25(35)32(9)19-18-31(7)8/h14-17,23,27H,10-13,18-20H2,1-9H3,(H,30,34)/t23-,27?/m1/s1. The molecule has 0 bridgehead atoms. The molecule has 8 heteroatoms. The number of hydrogen-bond donors (Lipinski definition) is 1. The van der Waals surface area contributed by atoms with Gasteiger partial charge in [0.15, 0.2) is 0 Å². The van der Waals surface area contributed by atoms with Crippen molar-refractivity contribution in [3.63, 3.8) is 0 Å². The van der Waals surface area contributed by atoms with E-state index in [0.717, 1.165) is 30.5 Å². The fourth-order valence-corrected chi connectivity index (χ4v) is 5.01. The molecule has 2 rings (SSSR count). The van der Waals surface area contributed by atoms with Gasteiger partial charge in [0.25, 0.3) is 5.91 Å². The van der Waals surface area contributed by atoms with Crippen LogP contribution in [0.5, 0.6) is 0 Å². The quantitative estimate of drug-likeness (QED) is 0.381. The first-order valence-corrected chi connectivity index (χ1v) is 13.6. The Labute approximate surface area is 223 Å². The third-order valence-electron chi connectivity index (χ3n) is 7.56. The second-order valence-electron chi connectivity index (χ2n) is 11.1. The molecule has 1 aromatic carbocycles. The van der Waals surface area contributed by atoms with Gasteiger partial charge in [0.2, 0.25) is 11.8 Å². The van der Waals surface area contributed by atoms with Crippen LogP contribution in [0.15, 0.2) is 24.3 Å². The summed E-state index contributed by atoms with van der Waals surface area (Å²) in [6.07, 6.45) is 2.23. The summed E-state index contributed by atoms with van der Waals surface area (Å²) in [6, 6.07) is 8.03. The van der Waals surface area contributed by atoms with Crippen LogP contribution in [-0.2, 0) is 19.1 Å². The van der Waals surface area contributed by atoms with Crippen molar-refractivity contribution in [2.24, 2.45) is 5.41 Å². The van der Waals surface area contributed by atoms with Crippen molar-refractivity contribution in [2.75, 3.05) is 40.8 Å². The Balaban J connectivity index is 2.18. The highest BCUT2D eigenvalue weighted by Gasteiger charge is 2.61. The minimum Gasteiger partial charge on any atom is -0.348 e. The van der Waals surface area contributed by atoms with Crippen molar-refractivity contribution in [1.29, 1.82) is 0 Å². The van der Waals surface area contributed by atoms with Crippen LogP contribution in [0, 0.1) is 12.3 Å². The first kappa shape index (κ1) is 30.8. The lowest BCUT2D eigenvalue weighted by atomic mass is 9.71. The number of hydrogen-bond acceptors (Lipinski definition) is 5. The molecule has 1 N–H and O–H groups in total. The summed E-state index contributed by atoms with van der Waals surface area (Å²) in [5.41, 5.74) is 0.326. The number of aryl methyl sites for hydroxylation is 1. The van der Waals surface area contributed by atoms with E-state index < -0.39 is 17.2 Å². The summed E-state index contributed by atoms with van der Waals surface area (Å²) in [7, 11) is 5.69. The third-order valence-corrected chi connectivity index (χ3v) is 7.56. The number of benzene rings is 1. The zero-order valence-electron chi connectivity index (χ0n) is 24.4. The minimum atomic E-state index is -1.15. The lowest BCUT2D eigenvalue weighted by Crippen LogP contribution is -2.72. The Morgan fingerprint density at radius 1 is 1.08 bits per heavy atom. The lowest BCUT2D eigenvalue weighted by molar-refractivity contribution is -0.249.